The first kappa shape index (κ1) is 11.8. The van der Waals surface area contributed by atoms with Crippen LogP contribution < -0.4 is 10.6 Å². The molecule has 1 aliphatic rings. The van der Waals surface area contributed by atoms with E-state index in [0.717, 1.165) is 10.2 Å². The maximum absolute atomic E-state index is 6.11. The molecule has 2 N–H and O–H groups in total. The van der Waals surface area contributed by atoms with Crippen molar-refractivity contribution in [2.75, 3.05) is 10.6 Å². The summed E-state index contributed by atoms with van der Waals surface area (Å²) in [5.74, 6) is 0. The summed E-state index contributed by atoms with van der Waals surface area (Å²) in [5, 5.41) is 0. The molecule has 0 aromatic heterocycles. The van der Waals surface area contributed by atoms with E-state index in [2.05, 4.69) is 46.8 Å². The van der Waals surface area contributed by atoms with Crippen LogP contribution in [0.15, 0.2) is 22.7 Å². The minimum atomic E-state index is 0.605. The van der Waals surface area contributed by atoms with E-state index in [1.165, 1.54) is 24.9 Å². The van der Waals surface area contributed by atoms with Gasteiger partial charge in [-0.15, -0.1) is 0 Å². The molecule has 1 heterocycles. The van der Waals surface area contributed by atoms with E-state index in [0.29, 0.717) is 12.1 Å². The van der Waals surface area contributed by atoms with Crippen molar-refractivity contribution in [3.05, 3.63) is 22.7 Å². The molecular formula is C13H19BrN2. The zero-order valence-electron chi connectivity index (χ0n) is 9.91. The van der Waals surface area contributed by atoms with E-state index in [4.69, 9.17) is 5.73 Å². The van der Waals surface area contributed by atoms with Gasteiger partial charge >= 0.3 is 0 Å². The molecule has 16 heavy (non-hydrogen) atoms. The zero-order valence-corrected chi connectivity index (χ0v) is 11.5. The number of nitrogens with zero attached hydrogens (tertiary/aromatic N) is 1. The Bertz CT molecular complexity index is 378. The van der Waals surface area contributed by atoms with Crippen molar-refractivity contribution in [2.24, 2.45) is 0 Å². The summed E-state index contributed by atoms with van der Waals surface area (Å²) in [6.07, 6.45) is 3.75. The second-order valence-corrected chi connectivity index (χ2v) is 5.51. The van der Waals surface area contributed by atoms with E-state index >= 15 is 0 Å². The van der Waals surface area contributed by atoms with Gasteiger partial charge in [0.1, 0.15) is 0 Å². The molecule has 1 saturated heterocycles. The van der Waals surface area contributed by atoms with Crippen LogP contribution in [-0.4, -0.2) is 12.1 Å². The first-order chi connectivity index (χ1) is 7.63. The third kappa shape index (κ3) is 2.05. The standard InChI is InChI=1S/C13H19BrN2/c1-3-11-6-4-9(2)16(11)13-7-5-10(14)8-12(13)15/h5,7-9,11H,3-4,6,15H2,1-2H3. The third-order valence-corrected chi connectivity index (χ3v) is 4.02. The Hall–Kier alpha value is -0.700. The average molecular weight is 283 g/mol. The molecule has 1 aliphatic heterocycles. The maximum Gasteiger partial charge on any atom is 0.0605 e. The minimum Gasteiger partial charge on any atom is -0.397 e. The highest BCUT2D eigenvalue weighted by atomic mass is 79.9. The summed E-state index contributed by atoms with van der Waals surface area (Å²) in [7, 11) is 0. The molecule has 1 aromatic rings. The molecule has 0 spiro atoms. The van der Waals surface area contributed by atoms with E-state index in [9.17, 15) is 0 Å². The van der Waals surface area contributed by atoms with Crippen LogP contribution in [0.25, 0.3) is 0 Å². The number of nitrogen functional groups attached to an aromatic ring is 1. The second-order valence-electron chi connectivity index (χ2n) is 4.60. The van der Waals surface area contributed by atoms with Gasteiger partial charge in [0.15, 0.2) is 0 Å². The van der Waals surface area contributed by atoms with Crippen LogP contribution in [0.5, 0.6) is 0 Å². The molecule has 1 aromatic carbocycles. The Labute approximate surface area is 106 Å². The van der Waals surface area contributed by atoms with Gasteiger partial charge in [-0.3, -0.25) is 0 Å². The summed E-state index contributed by atoms with van der Waals surface area (Å²) in [6.45, 7) is 4.54. The lowest BCUT2D eigenvalue weighted by Crippen LogP contribution is -2.34. The Balaban J connectivity index is 2.34. The summed E-state index contributed by atoms with van der Waals surface area (Å²) in [5.41, 5.74) is 8.18. The average Bonchev–Trinajstić information content (AvgIpc) is 2.60. The predicted molar refractivity (Wildman–Crippen MR) is 73.8 cm³/mol. The quantitative estimate of drug-likeness (QED) is 0.836. The van der Waals surface area contributed by atoms with Crippen LogP contribution in [0.3, 0.4) is 0 Å². The number of hydrogen-bond acceptors (Lipinski definition) is 2. The lowest BCUT2D eigenvalue weighted by molar-refractivity contribution is 0.629. The monoisotopic (exact) mass is 282 g/mol. The van der Waals surface area contributed by atoms with Crippen LogP contribution >= 0.6 is 15.9 Å². The lowest BCUT2D eigenvalue weighted by Gasteiger charge is -2.31. The van der Waals surface area contributed by atoms with Crippen molar-refractivity contribution in [2.45, 2.75) is 45.2 Å². The van der Waals surface area contributed by atoms with Crippen LogP contribution in [0.4, 0.5) is 11.4 Å². The SMILES string of the molecule is CCC1CCC(C)N1c1ccc(Br)cc1N. The number of anilines is 2. The number of halogens is 1. The van der Waals surface area contributed by atoms with E-state index in [1.807, 2.05) is 6.07 Å². The van der Waals surface area contributed by atoms with Gasteiger partial charge in [0, 0.05) is 16.6 Å². The van der Waals surface area contributed by atoms with Gasteiger partial charge in [-0.25, -0.2) is 0 Å². The van der Waals surface area contributed by atoms with Crippen LogP contribution in [0.2, 0.25) is 0 Å². The Morgan fingerprint density at radius 2 is 2.19 bits per heavy atom. The molecule has 1 fully saturated rings. The van der Waals surface area contributed by atoms with E-state index in [1.54, 1.807) is 0 Å². The molecular weight excluding hydrogens is 264 g/mol. The summed E-state index contributed by atoms with van der Waals surface area (Å²) >= 11 is 3.45. The van der Waals surface area contributed by atoms with Gasteiger partial charge in [-0.05, 0) is 44.4 Å². The molecule has 0 amide bonds. The summed E-state index contributed by atoms with van der Waals surface area (Å²) < 4.78 is 1.05. The number of benzene rings is 1. The van der Waals surface area contributed by atoms with Crippen LogP contribution in [0.1, 0.15) is 33.1 Å². The molecule has 0 radical (unpaired) electrons. The summed E-state index contributed by atoms with van der Waals surface area (Å²) in [6, 6.07) is 7.45. The van der Waals surface area contributed by atoms with Crippen molar-refractivity contribution in [3.63, 3.8) is 0 Å². The fourth-order valence-corrected chi connectivity index (χ4v) is 3.05. The highest BCUT2D eigenvalue weighted by Crippen LogP contribution is 2.36. The smallest absolute Gasteiger partial charge is 0.0605 e. The summed E-state index contributed by atoms with van der Waals surface area (Å²) in [4.78, 5) is 2.49. The fraction of sp³-hybridized carbons (Fsp3) is 0.538. The maximum atomic E-state index is 6.11. The first-order valence-electron chi connectivity index (χ1n) is 5.96. The molecule has 0 bridgehead atoms. The van der Waals surface area contributed by atoms with Gasteiger partial charge in [-0.1, -0.05) is 22.9 Å². The normalized spacial score (nSPS) is 25.1. The van der Waals surface area contributed by atoms with Crippen LogP contribution in [0, 0.1) is 0 Å². The van der Waals surface area contributed by atoms with Crippen molar-refractivity contribution in [1.82, 2.24) is 0 Å². The Morgan fingerprint density at radius 3 is 2.81 bits per heavy atom. The Kier molecular flexibility index (Phi) is 3.43. The molecule has 2 rings (SSSR count). The van der Waals surface area contributed by atoms with Gasteiger partial charge < -0.3 is 10.6 Å². The molecule has 2 nitrogen and oxygen atoms in total. The zero-order chi connectivity index (χ0) is 11.7. The fourth-order valence-electron chi connectivity index (χ4n) is 2.67. The first-order valence-corrected chi connectivity index (χ1v) is 6.76. The largest absolute Gasteiger partial charge is 0.397 e. The minimum absolute atomic E-state index is 0.605. The van der Waals surface area contributed by atoms with Crippen molar-refractivity contribution in [1.29, 1.82) is 0 Å². The molecule has 0 aliphatic carbocycles. The second kappa shape index (κ2) is 4.66. The number of rotatable bonds is 2. The van der Waals surface area contributed by atoms with Gasteiger partial charge in [0.25, 0.3) is 0 Å². The van der Waals surface area contributed by atoms with Gasteiger partial charge in [0.05, 0.1) is 11.4 Å². The molecule has 0 saturated carbocycles. The molecule has 2 atom stereocenters. The highest BCUT2D eigenvalue weighted by molar-refractivity contribution is 9.10. The molecule has 3 heteroatoms. The Morgan fingerprint density at radius 1 is 1.44 bits per heavy atom. The lowest BCUT2D eigenvalue weighted by atomic mass is 10.1. The number of nitrogens with two attached hydrogens (primary N) is 1. The van der Waals surface area contributed by atoms with Crippen molar-refractivity contribution >= 4 is 27.3 Å². The van der Waals surface area contributed by atoms with Gasteiger partial charge in [0.2, 0.25) is 0 Å². The van der Waals surface area contributed by atoms with E-state index in [-0.39, 0.29) is 0 Å². The predicted octanol–water partition coefficient (Wildman–Crippen LogP) is 3.80. The molecule has 88 valence electrons. The highest BCUT2D eigenvalue weighted by Gasteiger charge is 2.30. The molecule has 2 unspecified atom stereocenters. The van der Waals surface area contributed by atoms with Crippen molar-refractivity contribution < 1.29 is 0 Å². The van der Waals surface area contributed by atoms with Crippen LogP contribution in [-0.2, 0) is 0 Å². The number of hydrogen-bond donors (Lipinski definition) is 1. The van der Waals surface area contributed by atoms with Crippen molar-refractivity contribution in [3.8, 4) is 0 Å². The third-order valence-electron chi connectivity index (χ3n) is 3.52. The van der Waals surface area contributed by atoms with E-state index < -0.39 is 0 Å². The van der Waals surface area contributed by atoms with Gasteiger partial charge in [-0.2, -0.15) is 0 Å². The topological polar surface area (TPSA) is 29.3 Å².